The highest BCUT2D eigenvalue weighted by molar-refractivity contribution is 5.95. The number of hydrogen-bond acceptors (Lipinski definition) is 5. The second-order valence-electron chi connectivity index (χ2n) is 11.5. The third kappa shape index (κ3) is 3.00. The second-order valence-corrected chi connectivity index (χ2v) is 11.5. The van der Waals surface area contributed by atoms with E-state index in [1.54, 1.807) is 12.1 Å². The van der Waals surface area contributed by atoms with E-state index in [4.69, 9.17) is 4.74 Å². The van der Waals surface area contributed by atoms with Gasteiger partial charge < -0.3 is 15.2 Å². The molecule has 2 bridgehead atoms. The van der Waals surface area contributed by atoms with Crippen LogP contribution in [0.3, 0.4) is 0 Å². The Hall–Kier alpha value is -3.12. The molecular weight excluding hydrogens is 452 g/mol. The van der Waals surface area contributed by atoms with Gasteiger partial charge in [0.2, 0.25) is 5.91 Å². The van der Waals surface area contributed by atoms with Gasteiger partial charge in [-0.05, 0) is 74.8 Å². The smallest absolute Gasteiger partial charge is 0.244 e. The molecule has 6 nitrogen and oxygen atoms in total. The first-order valence-electron chi connectivity index (χ1n) is 13.3. The normalized spacial score (nSPS) is 32.3. The van der Waals surface area contributed by atoms with Gasteiger partial charge in [0.05, 0.1) is 11.0 Å². The number of likely N-dealkylation sites (tertiary alicyclic amines) is 1. The minimum atomic E-state index is -0.666. The minimum absolute atomic E-state index is 0.0768. The van der Waals surface area contributed by atoms with Gasteiger partial charge in [-0.3, -0.25) is 14.5 Å². The first-order valence-corrected chi connectivity index (χ1v) is 13.3. The molecule has 2 aromatic rings. The van der Waals surface area contributed by atoms with Crippen molar-refractivity contribution < 1.29 is 19.4 Å². The molecule has 1 amide bonds. The van der Waals surface area contributed by atoms with E-state index in [1.165, 1.54) is 18.4 Å². The molecule has 36 heavy (non-hydrogen) atoms. The molecule has 186 valence electrons. The lowest BCUT2D eigenvalue weighted by molar-refractivity contribution is -0.148. The molecule has 2 unspecified atom stereocenters. The van der Waals surface area contributed by atoms with Crippen LogP contribution in [0, 0.1) is 12.8 Å². The van der Waals surface area contributed by atoms with E-state index >= 15 is 0 Å². The lowest BCUT2D eigenvalue weighted by Gasteiger charge is -2.65. The molecule has 6 heteroatoms. The average molecular weight is 485 g/mol. The van der Waals surface area contributed by atoms with Crippen molar-refractivity contribution in [2.75, 3.05) is 13.1 Å². The molecule has 7 rings (SSSR count). The van der Waals surface area contributed by atoms with Gasteiger partial charge in [-0.1, -0.05) is 35.9 Å². The van der Waals surface area contributed by atoms with E-state index < -0.39 is 17.1 Å². The molecule has 1 spiro atoms. The zero-order valence-corrected chi connectivity index (χ0v) is 20.6. The van der Waals surface area contributed by atoms with Gasteiger partial charge >= 0.3 is 0 Å². The number of hydrogen-bond donors (Lipinski definition) is 2. The Bertz CT molecular complexity index is 1300. The number of benzene rings is 2. The Morgan fingerprint density at radius 1 is 1.19 bits per heavy atom. The van der Waals surface area contributed by atoms with Crippen LogP contribution in [0.25, 0.3) is 6.08 Å². The quantitative estimate of drug-likeness (QED) is 0.633. The van der Waals surface area contributed by atoms with Crippen LogP contribution in [-0.2, 0) is 21.4 Å². The van der Waals surface area contributed by atoms with Crippen molar-refractivity contribution in [1.82, 2.24) is 10.2 Å². The van der Waals surface area contributed by atoms with Gasteiger partial charge in [-0.15, -0.1) is 0 Å². The van der Waals surface area contributed by atoms with Crippen LogP contribution in [0.5, 0.6) is 11.5 Å². The number of nitrogens with one attached hydrogen (secondary N) is 1. The van der Waals surface area contributed by atoms with Crippen molar-refractivity contribution in [2.24, 2.45) is 5.92 Å². The fraction of sp³-hybridized carbons (Fsp3) is 0.467. The molecular formula is C30H32N2O4. The van der Waals surface area contributed by atoms with Gasteiger partial charge in [0.15, 0.2) is 23.4 Å². The summed E-state index contributed by atoms with van der Waals surface area (Å²) in [5.74, 6) is 1.21. The van der Waals surface area contributed by atoms with Crippen molar-refractivity contribution in [1.29, 1.82) is 0 Å². The highest BCUT2D eigenvalue weighted by Crippen LogP contribution is 2.65. The summed E-state index contributed by atoms with van der Waals surface area (Å²) in [5.41, 5.74) is 2.99. The summed E-state index contributed by atoms with van der Waals surface area (Å²) in [6.07, 6.45) is 7.82. The SMILES string of the molecule is Cc1ccc(/C=C/C(=O)N[C@@]23CCC(=O)C4Oc5c(O)ccc6c5C42CCN(CC2CC2)[C@@H]3C6)cc1. The highest BCUT2D eigenvalue weighted by atomic mass is 16.5. The number of carbonyl (C=O) groups is 2. The summed E-state index contributed by atoms with van der Waals surface area (Å²) in [6, 6.07) is 11.9. The summed E-state index contributed by atoms with van der Waals surface area (Å²) >= 11 is 0. The lowest BCUT2D eigenvalue weighted by Crippen LogP contribution is -2.81. The van der Waals surface area contributed by atoms with Crippen molar-refractivity contribution in [3.05, 3.63) is 64.7 Å². The number of ether oxygens (including phenoxy) is 1. The van der Waals surface area contributed by atoms with Gasteiger partial charge in [0, 0.05) is 30.6 Å². The second kappa shape index (κ2) is 7.69. The van der Waals surface area contributed by atoms with Crippen LogP contribution in [-0.4, -0.2) is 52.5 Å². The number of phenols is 1. The van der Waals surface area contributed by atoms with E-state index in [2.05, 4.69) is 10.2 Å². The predicted molar refractivity (Wildman–Crippen MR) is 136 cm³/mol. The standard InChI is InChI=1S/C30H32N2O4/c1-18-2-4-19(5-3-18)8-11-25(35)31-30-13-12-23(34)28-29(30)14-15-32(17-20-6-7-20)24(30)16-21-9-10-22(33)27(36-28)26(21)29/h2-5,8-11,20,24,28,33H,6-7,12-17H2,1H3,(H,31,35)/b11-8+/t24-,28?,29?,30-/m1/s1. The highest BCUT2D eigenvalue weighted by Gasteiger charge is 2.73. The number of nitrogens with zero attached hydrogens (tertiary/aromatic N) is 1. The molecule has 4 atom stereocenters. The molecule has 0 aromatic heterocycles. The number of amides is 1. The third-order valence-electron chi connectivity index (χ3n) is 9.46. The molecule has 3 aliphatic carbocycles. The number of phenolic OH excluding ortho intramolecular Hbond substituents is 1. The molecule has 2 N–H and O–H groups in total. The number of ketones is 1. The van der Waals surface area contributed by atoms with E-state index in [1.807, 2.05) is 43.3 Å². The van der Waals surface area contributed by atoms with Crippen LogP contribution in [0.15, 0.2) is 42.5 Å². The zero-order valence-electron chi connectivity index (χ0n) is 20.6. The summed E-state index contributed by atoms with van der Waals surface area (Å²) in [4.78, 5) is 29.5. The summed E-state index contributed by atoms with van der Waals surface area (Å²) in [6.45, 7) is 3.96. The van der Waals surface area contributed by atoms with Crippen molar-refractivity contribution >= 4 is 17.8 Å². The Labute approximate surface area is 211 Å². The molecule has 3 fully saturated rings. The third-order valence-corrected chi connectivity index (χ3v) is 9.46. The monoisotopic (exact) mass is 484 g/mol. The fourth-order valence-corrected chi connectivity index (χ4v) is 7.67. The summed E-state index contributed by atoms with van der Waals surface area (Å²) in [5, 5.41) is 14.2. The molecule has 2 heterocycles. The fourth-order valence-electron chi connectivity index (χ4n) is 7.67. The predicted octanol–water partition coefficient (Wildman–Crippen LogP) is 3.67. The van der Waals surface area contributed by atoms with Crippen LogP contribution < -0.4 is 10.1 Å². The van der Waals surface area contributed by atoms with Crippen molar-refractivity contribution in [3.8, 4) is 11.5 Å². The lowest BCUT2D eigenvalue weighted by atomic mass is 9.47. The summed E-state index contributed by atoms with van der Waals surface area (Å²) in [7, 11) is 0. The van der Waals surface area contributed by atoms with Crippen LogP contribution in [0.4, 0.5) is 0 Å². The van der Waals surface area contributed by atoms with Gasteiger partial charge in [0.25, 0.3) is 0 Å². The van der Waals surface area contributed by atoms with Gasteiger partial charge in [-0.2, -0.15) is 0 Å². The van der Waals surface area contributed by atoms with E-state index in [0.29, 0.717) is 18.6 Å². The number of carbonyl (C=O) groups excluding carboxylic acids is 2. The zero-order chi connectivity index (χ0) is 24.7. The number of aryl methyl sites for hydroxylation is 1. The van der Waals surface area contributed by atoms with Crippen LogP contribution >= 0.6 is 0 Å². The Morgan fingerprint density at radius 2 is 2.00 bits per heavy atom. The first kappa shape index (κ1) is 22.1. The Morgan fingerprint density at radius 3 is 2.78 bits per heavy atom. The maximum Gasteiger partial charge on any atom is 0.244 e. The molecule has 2 aromatic carbocycles. The molecule has 0 radical (unpaired) electrons. The van der Waals surface area contributed by atoms with Crippen molar-refractivity contribution in [2.45, 2.75) is 68.5 Å². The summed E-state index contributed by atoms with van der Waals surface area (Å²) < 4.78 is 6.31. The maximum absolute atomic E-state index is 13.6. The van der Waals surface area contributed by atoms with Crippen molar-refractivity contribution in [3.63, 3.8) is 0 Å². The average Bonchev–Trinajstić information content (AvgIpc) is 3.61. The van der Waals surface area contributed by atoms with E-state index in [-0.39, 0.29) is 23.5 Å². The molecule has 2 saturated carbocycles. The minimum Gasteiger partial charge on any atom is -0.504 e. The van der Waals surface area contributed by atoms with Crippen LogP contribution in [0.2, 0.25) is 0 Å². The van der Waals surface area contributed by atoms with E-state index in [0.717, 1.165) is 48.5 Å². The molecule has 5 aliphatic rings. The van der Waals surface area contributed by atoms with Gasteiger partial charge in [0.1, 0.15) is 0 Å². The topological polar surface area (TPSA) is 78.9 Å². The largest absolute Gasteiger partial charge is 0.504 e. The Kier molecular flexibility index (Phi) is 4.72. The van der Waals surface area contributed by atoms with Gasteiger partial charge in [-0.25, -0.2) is 0 Å². The molecule has 1 saturated heterocycles. The van der Waals surface area contributed by atoms with Crippen LogP contribution in [0.1, 0.15) is 54.4 Å². The number of rotatable bonds is 5. The number of Topliss-reactive ketones (excluding diaryl/α,β-unsaturated/α-hetero) is 1. The number of piperidine rings is 1. The maximum atomic E-state index is 13.6. The first-order chi connectivity index (χ1) is 17.4. The Balaban J connectivity index is 1.33. The van der Waals surface area contributed by atoms with E-state index in [9.17, 15) is 14.7 Å². The molecule has 2 aliphatic heterocycles. The number of aromatic hydroxyl groups is 1.